The van der Waals surface area contributed by atoms with Crippen molar-refractivity contribution in [2.75, 3.05) is 11.1 Å². The third kappa shape index (κ3) is 2.56. The van der Waals surface area contributed by atoms with Crippen LogP contribution >= 0.6 is 15.9 Å². The molecule has 6 heteroatoms. The van der Waals surface area contributed by atoms with Gasteiger partial charge in [0, 0.05) is 16.7 Å². The van der Waals surface area contributed by atoms with Crippen molar-refractivity contribution >= 4 is 33.2 Å². The normalized spacial score (nSPS) is 14.3. The minimum absolute atomic E-state index is 0.153. The molecule has 1 amide bonds. The van der Waals surface area contributed by atoms with Crippen molar-refractivity contribution < 1.29 is 9.18 Å². The van der Waals surface area contributed by atoms with E-state index in [-0.39, 0.29) is 11.6 Å². The number of rotatable bonds is 3. The first-order valence-corrected chi connectivity index (χ1v) is 7.07. The molecule has 3 rings (SSSR count). The van der Waals surface area contributed by atoms with Crippen LogP contribution in [0.5, 0.6) is 0 Å². The molecule has 1 aliphatic carbocycles. The summed E-state index contributed by atoms with van der Waals surface area (Å²) in [6.45, 7) is 0. The molecule has 1 aliphatic rings. The number of amides is 1. The first-order chi connectivity index (χ1) is 9.54. The maximum absolute atomic E-state index is 13.7. The third-order valence-electron chi connectivity index (χ3n) is 3.22. The topological polar surface area (TPSA) is 60.1 Å². The number of hydrogen-bond acceptors (Lipinski definition) is 2. The highest BCUT2D eigenvalue weighted by atomic mass is 79.9. The molecule has 0 spiro atoms. The Hall–Kier alpha value is -1.82. The summed E-state index contributed by atoms with van der Waals surface area (Å²) >= 11 is 3.18. The smallest absolute Gasteiger partial charge is 0.272 e. The predicted octanol–water partition coefficient (Wildman–Crippen LogP) is 3.56. The summed E-state index contributed by atoms with van der Waals surface area (Å²) in [6, 6.07) is 6.45. The summed E-state index contributed by atoms with van der Waals surface area (Å²) in [5, 5.41) is 2.58. The van der Waals surface area contributed by atoms with Crippen LogP contribution in [0.3, 0.4) is 0 Å². The number of aromatic nitrogens is 1. The van der Waals surface area contributed by atoms with Gasteiger partial charge in [-0.15, -0.1) is 0 Å². The second kappa shape index (κ2) is 4.94. The average Bonchev–Trinajstić information content (AvgIpc) is 3.16. The molecule has 3 N–H and O–H groups in total. The largest absolute Gasteiger partial charge is 0.397 e. The molecule has 0 bridgehead atoms. The van der Waals surface area contributed by atoms with E-state index in [9.17, 15) is 9.18 Å². The zero-order valence-corrected chi connectivity index (χ0v) is 12.2. The molecule has 2 aromatic rings. The average molecular weight is 338 g/mol. The summed E-state index contributed by atoms with van der Waals surface area (Å²) in [4.78, 5) is 12.3. The summed E-state index contributed by atoms with van der Waals surface area (Å²) in [6.07, 6.45) is 3.84. The van der Waals surface area contributed by atoms with E-state index >= 15 is 0 Å². The second-order valence-electron chi connectivity index (χ2n) is 4.88. The van der Waals surface area contributed by atoms with Gasteiger partial charge in [-0.05, 0) is 37.1 Å². The Morgan fingerprint density at radius 3 is 2.80 bits per heavy atom. The monoisotopic (exact) mass is 337 g/mol. The molecule has 1 aromatic carbocycles. The van der Waals surface area contributed by atoms with Crippen LogP contribution in [0.1, 0.15) is 29.4 Å². The molecule has 0 radical (unpaired) electrons. The van der Waals surface area contributed by atoms with E-state index in [0.29, 0.717) is 21.9 Å². The second-order valence-corrected chi connectivity index (χ2v) is 5.79. The van der Waals surface area contributed by atoms with Crippen molar-refractivity contribution in [3.63, 3.8) is 0 Å². The number of hydrogen-bond donors (Lipinski definition) is 2. The molecule has 1 aromatic heterocycles. The molecule has 0 atom stereocenters. The van der Waals surface area contributed by atoms with E-state index in [1.165, 1.54) is 12.1 Å². The van der Waals surface area contributed by atoms with Gasteiger partial charge in [0.15, 0.2) is 0 Å². The third-order valence-corrected chi connectivity index (χ3v) is 3.72. The maximum Gasteiger partial charge on any atom is 0.272 e. The van der Waals surface area contributed by atoms with E-state index in [0.717, 1.165) is 12.8 Å². The summed E-state index contributed by atoms with van der Waals surface area (Å²) in [5.74, 6) is -0.833. The highest BCUT2D eigenvalue weighted by molar-refractivity contribution is 9.10. The molecule has 1 fully saturated rings. The number of anilines is 2. The fraction of sp³-hybridized carbons (Fsp3) is 0.214. The van der Waals surface area contributed by atoms with E-state index in [1.54, 1.807) is 18.3 Å². The van der Waals surface area contributed by atoms with Crippen LogP contribution in [0.25, 0.3) is 0 Å². The van der Waals surface area contributed by atoms with Crippen molar-refractivity contribution in [1.82, 2.24) is 4.57 Å². The van der Waals surface area contributed by atoms with Crippen LogP contribution in [0.15, 0.2) is 34.9 Å². The van der Waals surface area contributed by atoms with Crippen LogP contribution in [-0.4, -0.2) is 10.5 Å². The Morgan fingerprint density at radius 1 is 1.40 bits per heavy atom. The van der Waals surface area contributed by atoms with Crippen molar-refractivity contribution in [2.24, 2.45) is 0 Å². The van der Waals surface area contributed by atoms with Crippen molar-refractivity contribution in [1.29, 1.82) is 0 Å². The zero-order valence-electron chi connectivity index (χ0n) is 10.6. The lowest BCUT2D eigenvalue weighted by molar-refractivity contribution is 0.101. The molecular formula is C14H13BrFN3O. The lowest BCUT2D eigenvalue weighted by Crippen LogP contribution is -2.17. The number of nitrogens with one attached hydrogen (secondary N) is 1. The molecule has 0 aliphatic heterocycles. The number of benzene rings is 1. The van der Waals surface area contributed by atoms with E-state index in [4.69, 9.17) is 5.73 Å². The molecule has 104 valence electrons. The number of carbonyl (C=O) groups is 1. The van der Waals surface area contributed by atoms with Crippen LogP contribution in [-0.2, 0) is 0 Å². The predicted molar refractivity (Wildman–Crippen MR) is 79.2 cm³/mol. The van der Waals surface area contributed by atoms with Crippen LogP contribution in [0, 0.1) is 5.82 Å². The van der Waals surface area contributed by atoms with Gasteiger partial charge in [0.1, 0.15) is 11.5 Å². The minimum Gasteiger partial charge on any atom is -0.397 e. The van der Waals surface area contributed by atoms with Crippen molar-refractivity contribution in [2.45, 2.75) is 18.9 Å². The highest BCUT2D eigenvalue weighted by Gasteiger charge is 2.27. The van der Waals surface area contributed by atoms with E-state index < -0.39 is 5.82 Å². The van der Waals surface area contributed by atoms with Gasteiger partial charge >= 0.3 is 0 Å². The highest BCUT2D eigenvalue weighted by Crippen LogP contribution is 2.37. The van der Waals surface area contributed by atoms with Crippen LogP contribution in [0.4, 0.5) is 15.8 Å². The number of nitrogens with two attached hydrogens (primary N) is 1. The molecule has 4 nitrogen and oxygen atoms in total. The lowest BCUT2D eigenvalue weighted by Gasteiger charge is -2.09. The lowest BCUT2D eigenvalue weighted by atomic mass is 10.3. The van der Waals surface area contributed by atoms with E-state index in [2.05, 4.69) is 21.2 Å². The van der Waals surface area contributed by atoms with Gasteiger partial charge in [-0.2, -0.15) is 0 Å². The molecule has 0 unspecified atom stereocenters. The molecule has 20 heavy (non-hydrogen) atoms. The Kier molecular flexibility index (Phi) is 3.25. The first-order valence-electron chi connectivity index (χ1n) is 6.28. The van der Waals surface area contributed by atoms with Crippen molar-refractivity contribution in [3.8, 4) is 0 Å². The summed E-state index contributed by atoms with van der Waals surface area (Å²) in [7, 11) is 0. The van der Waals surface area contributed by atoms with Gasteiger partial charge in [-0.3, -0.25) is 4.79 Å². The minimum atomic E-state index is -0.481. The molecular weight excluding hydrogens is 325 g/mol. The zero-order chi connectivity index (χ0) is 14.3. The SMILES string of the molecule is Nc1cc(C(=O)Nc2ccc(Br)cc2F)n(C2CC2)c1. The fourth-order valence-corrected chi connectivity index (χ4v) is 2.45. The summed E-state index contributed by atoms with van der Waals surface area (Å²) < 4.78 is 16.2. The number of nitrogen functional groups attached to an aromatic ring is 1. The standard InChI is InChI=1S/C14H13BrFN3O/c15-8-1-4-12(11(16)5-8)18-14(20)13-6-9(17)7-19(13)10-2-3-10/h1,4-7,10H,2-3,17H2,(H,18,20). The quantitative estimate of drug-likeness (QED) is 0.899. The molecule has 1 saturated carbocycles. The van der Waals surface area contributed by atoms with Crippen LogP contribution < -0.4 is 11.1 Å². The Balaban J connectivity index is 1.86. The van der Waals surface area contributed by atoms with Gasteiger partial charge < -0.3 is 15.6 Å². The van der Waals surface area contributed by atoms with E-state index in [1.807, 2.05) is 4.57 Å². The van der Waals surface area contributed by atoms with Gasteiger partial charge in [0.25, 0.3) is 5.91 Å². The van der Waals surface area contributed by atoms with Gasteiger partial charge in [-0.1, -0.05) is 15.9 Å². The van der Waals surface area contributed by atoms with Gasteiger partial charge in [0.05, 0.1) is 11.4 Å². The Labute approximate surface area is 123 Å². The van der Waals surface area contributed by atoms with Gasteiger partial charge in [-0.25, -0.2) is 4.39 Å². The number of carbonyl (C=O) groups excluding carboxylic acids is 1. The Morgan fingerprint density at radius 2 is 2.15 bits per heavy atom. The van der Waals surface area contributed by atoms with Crippen LogP contribution in [0.2, 0.25) is 0 Å². The molecule has 1 heterocycles. The Bertz CT molecular complexity index is 679. The number of halogens is 2. The first kappa shape index (κ1) is 13.2. The molecule has 0 saturated heterocycles. The van der Waals surface area contributed by atoms with Crippen molar-refractivity contribution in [3.05, 3.63) is 46.4 Å². The van der Waals surface area contributed by atoms with Gasteiger partial charge in [0.2, 0.25) is 0 Å². The number of nitrogens with zero attached hydrogens (tertiary/aromatic N) is 1. The summed E-state index contributed by atoms with van der Waals surface area (Å²) in [5.41, 5.74) is 6.90. The maximum atomic E-state index is 13.7. The fourth-order valence-electron chi connectivity index (χ4n) is 2.11.